The van der Waals surface area contributed by atoms with Gasteiger partial charge in [-0.3, -0.25) is 9.59 Å². The summed E-state index contributed by atoms with van der Waals surface area (Å²) in [5.41, 5.74) is 3.16. The van der Waals surface area contributed by atoms with E-state index < -0.39 is 18.5 Å². The summed E-state index contributed by atoms with van der Waals surface area (Å²) in [5.74, 6) is -1.24. The molecule has 1 aromatic carbocycles. The van der Waals surface area contributed by atoms with Crippen molar-refractivity contribution in [3.8, 4) is 0 Å². The predicted molar refractivity (Wildman–Crippen MR) is 104 cm³/mol. The molecule has 29 heavy (non-hydrogen) atoms. The lowest BCUT2D eigenvalue weighted by molar-refractivity contribution is -0.143. The van der Waals surface area contributed by atoms with E-state index in [1.807, 2.05) is 13.8 Å². The first-order chi connectivity index (χ1) is 13.8. The molecule has 0 radical (unpaired) electrons. The van der Waals surface area contributed by atoms with Gasteiger partial charge < -0.3 is 19.3 Å². The van der Waals surface area contributed by atoms with E-state index in [0.717, 1.165) is 11.4 Å². The zero-order chi connectivity index (χ0) is 21.0. The molecule has 3 rings (SSSR count). The van der Waals surface area contributed by atoms with Gasteiger partial charge in [0, 0.05) is 20.1 Å². The van der Waals surface area contributed by atoms with Crippen molar-refractivity contribution >= 4 is 28.8 Å². The van der Waals surface area contributed by atoms with Crippen molar-refractivity contribution in [2.75, 3.05) is 46.5 Å². The summed E-state index contributed by atoms with van der Waals surface area (Å²) in [4.78, 5) is 48.5. The van der Waals surface area contributed by atoms with Crippen molar-refractivity contribution < 1.29 is 23.9 Å². The largest absolute Gasteiger partial charge is 0.452 e. The third-order valence-corrected chi connectivity index (χ3v) is 4.80. The number of benzene rings is 1. The van der Waals surface area contributed by atoms with E-state index in [1.54, 1.807) is 23.1 Å². The minimum absolute atomic E-state index is 0.0689. The van der Waals surface area contributed by atoms with Gasteiger partial charge in [0.05, 0.1) is 47.7 Å². The first-order valence-electron chi connectivity index (χ1n) is 9.37. The SMILES string of the molecule is Cc1nc2ccc(C(=O)OCC(=O)N(C)CC(=O)N3CCOCC3)cc2nc1C. The van der Waals surface area contributed by atoms with E-state index in [0.29, 0.717) is 37.3 Å². The fourth-order valence-electron chi connectivity index (χ4n) is 2.88. The number of nitrogens with zero attached hydrogens (tertiary/aromatic N) is 4. The average Bonchev–Trinajstić information content (AvgIpc) is 2.72. The minimum Gasteiger partial charge on any atom is -0.452 e. The second-order valence-corrected chi connectivity index (χ2v) is 6.92. The Hall–Kier alpha value is -3.07. The minimum atomic E-state index is -0.631. The number of ether oxygens (including phenoxy) is 2. The molecule has 1 aliphatic heterocycles. The van der Waals surface area contributed by atoms with Gasteiger partial charge in [0.15, 0.2) is 6.61 Å². The Balaban J connectivity index is 1.55. The van der Waals surface area contributed by atoms with Crippen LogP contribution in [0.2, 0.25) is 0 Å². The van der Waals surface area contributed by atoms with E-state index in [-0.39, 0.29) is 18.0 Å². The Morgan fingerprint density at radius 1 is 1.10 bits per heavy atom. The number of aryl methyl sites for hydroxylation is 2. The third kappa shape index (κ3) is 5.05. The number of likely N-dealkylation sites (N-methyl/N-ethyl adjacent to an activating group) is 1. The number of hydrogen-bond donors (Lipinski definition) is 0. The molecule has 0 spiro atoms. The number of morpholine rings is 1. The molecule has 0 atom stereocenters. The molecule has 0 saturated carbocycles. The summed E-state index contributed by atoms with van der Waals surface area (Å²) >= 11 is 0. The molecule has 2 heterocycles. The number of carbonyl (C=O) groups excluding carboxylic acids is 3. The smallest absolute Gasteiger partial charge is 0.338 e. The Morgan fingerprint density at radius 2 is 1.76 bits per heavy atom. The van der Waals surface area contributed by atoms with Crippen LogP contribution in [0.15, 0.2) is 18.2 Å². The van der Waals surface area contributed by atoms with Gasteiger partial charge in [-0.25, -0.2) is 14.8 Å². The van der Waals surface area contributed by atoms with Gasteiger partial charge >= 0.3 is 5.97 Å². The zero-order valence-corrected chi connectivity index (χ0v) is 16.8. The van der Waals surface area contributed by atoms with Crippen LogP contribution in [0.5, 0.6) is 0 Å². The van der Waals surface area contributed by atoms with Gasteiger partial charge in [-0.1, -0.05) is 0 Å². The highest BCUT2D eigenvalue weighted by atomic mass is 16.5. The quantitative estimate of drug-likeness (QED) is 0.682. The standard InChI is InChI=1S/C20H24N4O5/c1-13-14(2)22-17-10-15(4-5-16(17)21-13)20(27)29-12-19(26)23(3)11-18(25)24-6-8-28-9-7-24/h4-5,10H,6-9,11-12H2,1-3H3. The summed E-state index contributed by atoms with van der Waals surface area (Å²) in [7, 11) is 1.51. The van der Waals surface area contributed by atoms with Crippen LogP contribution >= 0.6 is 0 Å². The van der Waals surface area contributed by atoms with Crippen LogP contribution in [0, 0.1) is 13.8 Å². The third-order valence-electron chi connectivity index (χ3n) is 4.80. The molecule has 0 bridgehead atoms. The van der Waals surface area contributed by atoms with Crippen LogP contribution in [0.25, 0.3) is 11.0 Å². The van der Waals surface area contributed by atoms with Crippen LogP contribution in [-0.2, 0) is 19.1 Å². The summed E-state index contributed by atoms with van der Waals surface area (Å²) in [5, 5.41) is 0. The van der Waals surface area contributed by atoms with Crippen molar-refractivity contribution in [1.29, 1.82) is 0 Å². The van der Waals surface area contributed by atoms with E-state index in [1.165, 1.54) is 11.9 Å². The summed E-state index contributed by atoms with van der Waals surface area (Å²) in [6, 6.07) is 4.87. The number of rotatable bonds is 5. The summed E-state index contributed by atoms with van der Waals surface area (Å²) < 4.78 is 10.3. The van der Waals surface area contributed by atoms with E-state index >= 15 is 0 Å². The Morgan fingerprint density at radius 3 is 2.45 bits per heavy atom. The molecule has 9 heteroatoms. The molecular formula is C20H24N4O5. The van der Waals surface area contributed by atoms with E-state index in [2.05, 4.69) is 9.97 Å². The van der Waals surface area contributed by atoms with E-state index in [4.69, 9.17) is 9.47 Å². The Kier molecular flexibility index (Phi) is 6.38. The number of esters is 1. The van der Waals surface area contributed by atoms with Crippen molar-refractivity contribution in [3.05, 3.63) is 35.2 Å². The highest BCUT2D eigenvalue weighted by Gasteiger charge is 2.21. The molecule has 9 nitrogen and oxygen atoms in total. The van der Waals surface area contributed by atoms with Gasteiger partial charge in [0.1, 0.15) is 0 Å². The van der Waals surface area contributed by atoms with Crippen LogP contribution in [0.4, 0.5) is 0 Å². The zero-order valence-electron chi connectivity index (χ0n) is 16.8. The number of carbonyl (C=O) groups is 3. The van der Waals surface area contributed by atoms with Crippen molar-refractivity contribution in [1.82, 2.24) is 19.8 Å². The van der Waals surface area contributed by atoms with Crippen LogP contribution in [0.3, 0.4) is 0 Å². The van der Waals surface area contributed by atoms with Crippen LogP contribution in [0.1, 0.15) is 21.7 Å². The van der Waals surface area contributed by atoms with Crippen LogP contribution < -0.4 is 0 Å². The van der Waals surface area contributed by atoms with Gasteiger partial charge in [0.25, 0.3) is 5.91 Å². The fourth-order valence-corrected chi connectivity index (χ4v) is 2.88. The topological polar surface area (TPSA) is 102 Å². The molecule has 1 aliphatic rings. The second kappa shape index (κ2) is 8.95. The predicted octanol–water partition coefficient (Wildman–Crippen LogP) is 0.721. The molecule has 1 fully saturated rings. The Bertz CT molecular complexity index is 940. The first kappa shape index (κ1) is 20.7. The molecular weight excluding hydrogens is 376 g/mol. The average molecular weight is 400 g/mol. The lowest BCUT2D eigenvalue weighted by Gasteiger charge is -2.28. The first-order valence-corrected chi connectivity index (χ1v) is 9.37. The van der Waals surface area contributed by atoms with Crippen molar-refractivity contribution in [3.63, 3.8) is 0 Å². The lowest BCUT2D eigenvalue weighted by atomic mass is 10.2. The van der Waals surface area contributed by atoms with E-state index in [9.17, 15) is 14.4 Å². The maximum Gasteiger partial charge on any atom is 0.338 e. The number of aromatic nitrogens is 2. The molecule has 1 aromatic heterocycles. The molecule has 2 amide bonds. The van der Waals surface area contributed by atoms with Gasteiger partial charge in [-0.05, 0) is 32.0 Å². The van der Waals surface area contributed by atoms with Gasteiger partial charge in [-0.15, -0.1) is 0 Å². The van der Waals surface area contributed by atoms with Crippen molar-refractivity contribution in [2.24, 2.45) is 0 Å². The fraction of sp³-hybridized carbons (Fsp3) is 0.450. The molecule has 2 aromatic rings. The second-order valence-electron chi connectivity index (χ2n) is 6.92. The number of hydrogen-bond acceptors (Lipinski definition) is 7. The van der Waals surface area contributed by atoms with Gasteiger partial charge in [-0.2, -0.15) is 0 Å². The monoisotopic (exact) mass is 400 g/mol. The summed E-state index contributed by atoms with van der Waals surface area (Å²) in [6.07, 6.45) is 0. The molecule has 0 aliphatic carbocycles. The number of amides is 2. The highest BCUT2D eigenvalue weighted by molar-refractivity contribution is 5.95. The highest BCUT2D eigenvalue weighted by Crippen LogP contribution is 2.15. The normalized spacial score (nSPS) is 14.0. The Labute approximate surface area is 168 Å². The maximum absolute atomic E-state index is 12.3. The number of fused-ring (bicyclic) bond motifs is 1. The molecule has 154 valence electrons. The van der Waals surface area contributed by atoms with Crippen LogP contribution in [-0.4, -0.2) is 84.1 Å². The molecule has 0 N–H and O–H groups in total. The van der Waals surface area contributed by atoms with Gasteiger partial charge in [0.2, 0.25) is 5.91 Å². The summed E-state index contributed by atoms with van der Waals surface area (Å²) in [6.45, 7) is 5.23. The molecule has 1 saturated heterocycles. The van der Waals surface area contributed by atoms with Crippen molar-refractivity contribution in [2.45, 2.75) is 13.8 Å². The molecule has 0 unspecified atom stereocenters. The lowest BCUT2D eigenvalue weighted by Crippen LogP contribution is -2.46. The maximum atomic E-state index is 12.3.